The fourth-order valence-electron chi connectivity index (χ4n) is 4.01. The van der Waals surface area contributed by atoms with E-state index in [0.29, 0.717) is 0 Å². The molecule has 4 rings (SSSR count). The molecule has 0 aromatic heterocycles. The van der Waals surface area contributed by atoms with E-state index in [1.54, 1.807) is 0 Å². The molecule has 0 spiro atoms. The van der Waals surface area contributed by atoms with Gasteiger partial charge in [0.25, 0.3) is 0 Å². The molecule has 0 bridgehead atoms. The smallest absolute Gasteiger partial charge is 0.156 e. The third-order valence-electron chi connectivity index (χ3n) is 5.98. The first kappa shape index (κ1) is 23.9. The standard InChI is InChI=1S/C32H34NS/c1-4-5-10-27-17-21-29(22-18-27)33(31-13-9-14-32(25-31)34(2)3)30-23-19-28(20-24-30)16-15-26-11-7-6-8-12-26/h6-9,11-25H,4-5,10H2,1-3H3/q+1. The number of unbranched alkanes of at least 4 members (excludes halogenated alkanes) is 1. The van der Waals surface area contributed by atoms with Crippen LogP contribution in [-0.2, 0) is 17.3 Å². The Morgan fingerprint density at radius 1 is 0.647 bits per heavy atom. The zero-order valence-corrected chi connectivity index (χ0v) is 21.3. The van der Waals surface area contributed by atoms with Crippen LogP contribution in [0.4, 0.5) is 17.1 Å². The Bertz CT molecular complexity index is 1190. The van der Waals surface area contributed by atoms with Crippen molar-refractivity contribution >= 4 is 40.1 Å². The molecule has 0 atom stereocenters. The molecule has 4 aromatic carbocycles. The van der Waals surface area contributed by atoms with Gasteiger partial charge in [-0.25, -0.2) is 0 Å². The Labute approximate surface area is 208 Å². The van der Waals surface area contributed by atoms with Crippen molar-refractivity contribution in [1.82, 2.24) is 0 Å². The van der Waals surface area contributed by atoms with Crippen molar-refractivity contribution in [2.75, 3.05) is 17.4 Å². The predicted molar refractivity (Wildman–Crippen MR) is 153 cm³/mol. The topological polar surface area (TPSA) is 3.24 Å². The van der Waals surface area contributed by atoms with Crippen molar-refractivity contribution in [2.45, 2.75) is 31.1 Å². The van der Waals surface area contributed by atoms with Gasteiger partial charge in [0.15, 0.2) is 4.90 Å². The lowest BCUT2D eigenvalue weighted by atomic mass is 10.1. The van der Waals surface area contributed by atoms with Crippen molar-refractivity contribution in [3.05, 3.63) is 120 Å². The lowest BCUT2D eigenvalue weighted by Crippen LogP contribution is -2.11. The van der Waals surface area contributed by atoms with Crippen molar-refractivity contribution in [1.29, 1.82) is 0 Å². The molecule has 0 radical (unpaired) electrons. The molecule has 0 aliphatic rings. The minimum absolute atomic E-state index is 0.214. The van der Waals surface area contributed by atoms with Crippen molar-refractivity contribution in [3.63, 3.8) is 0 Å². The van der Waals surface area contributed by atoms with Crippen LogP contribution in [0.1, 0.15) is 36.5 Å². The Morgan fingerprint density at radius 2 is 1.26 bits per heavy atom. The molecule has 0 amide bonds. The highest BCUT2D eigenvalue weighted by molar-refractivity contribution is 7.95. The highest BCUT2D eigenvalue weighted by Gasteiger charge is 2.16. The Kier molecular flexibility index (Phi) is 8.27. The third-order valence-corrected chi connectivity index (χ3v) is 7.18. The molecule has 0 saturated heterocycles. The molecule has 2 heteroatoms. The monoisotopic (exact) mass is 464 g/mol. The van der Waals surface area contributed by atoms with E-state index in [1.165, 1.54) is 51.5 Å². The van der Waals surface area contributed by atoms with Crippen molar-refractivity contribution < 1.29 is 0 Å². The van der Waals surface area contributed by atoms with Crippen molar-refractivity contribution in [2.24, 2.45) is 0 Å². The maximum atomic E-state index is 2.37. The second kappa shape index (κ2) is 11.8. The fraction of sp³-hybridized carbons (Fsp3) is 0.188. The van der Waals surface area contributed by atoms with Gasteiger partial charge in [0.1, 0.15) is 12.5 Å². The summed E-state index contributed by atoms with van der Waals surface area (Å²) in [5.41, 5.74) is 7.37. The van der Waals surface area contributed by atoms with Gasteiger partial charge in [0.2, 0.25) is 0 Å². The lowest BCUT2D eigenvalue weighted by molar-refractivity contribution is 0.795. The zero-order valence-electron chi connectivity index (χ0n) is 20.4. The maximum Gasteiger partial charge on any atom is 0.156 e. The Balaban J connectivity index is 1.66. The maximum absolute atomic E-state index is 2.37. The van der Waals surface area contributed by atoms with Crippen LogP contribution in [0.2, 0.25) is 0 Å². The summed E-state index contributed by atoms with van der Waals surface area (Å²) in [4.78, 5) is 3.74. The summed E-state index contributed by atoms with van der Waals surface area (Å²) in [6, 6.07) is 37.3. The minimum atomic E-state index is 0.214. The van der Waals surface area contributed by atoms with Gasteiger partial charge < -0.3 is 4.90 Å². The summed E-state index contributed by atoms with van der Waals surface area (Å²) in [7, 11) is 0.214. The number of anilines is 3. The second-order valence-corrected chi connectivity index (χ2v) is 10.9. The van der Waals surface area contributed by atoms with Crippen LogP contribution in [0.5, 0.6) is 0 Å². The van der Waals surface area contributed by atoms with E-state index in [4.69, 9.17) is 0 Å². The SMILES string of the molecule is CCCCc1ccc(N(c2ccc(C=Cc3ccccc3)cc2)c2cccc([S+](C)C)c2)cc1. The molecule has 172 valence electrons. The molecule has 34 heavy (non-hydrogen) atoms. The van der Waals surface area contributed by atoms with E-state index in [1.807, 2.05) is 6.07 Å². The van der Waals surface area contributed by atoms with Gasteiger partial charge in [-0.2, -0.15) is 0 Å². The zero-order chi connectivity index (χ0) is 23.8. The van der Waals surface area contributed by atoms with E-state index in [2.05, 4.69) is 134 Å². The number of nitrogens with zero attached hydrogens (tertiary/aromatic N) is 1. The van der Waals surface area contributed by atoms with Gasteiger partial charge in [-0.3, -0.25) is 0 Å². The summed E-state index contributed by atoms with van der Waals surface area (Å²) in [6.45, 7) is 2.25. The average Bonchev–Trinajstić information content (AvgIpc) is 2.89. The van der Waals surface area contributed by atoms with Crippen LogP contribution in [0.25, 0.3) is 12.2 Å². The third kappa shape index (κ3) is 6.21. The first-order valence-electron chi connectivity index (χ1n) is 12.0. The Morgan fingerprint density at radius 3 is 1.88 bits per heavy atom. The molecule has 0 saturated carbocycles. The molecule has 0 fully saturated rings. The molecule has 0 aliphatic heterocycles. The van der Waals surface area contributed by atoms with Crippen LogP contribution in [-0.4, -0.2) is 12.5 Å². The minimum Gasteiger partial charge on any atom is -0.310 e. The van der Waals surface area contributed by atoms with Crippen LogP contribution in [0.3, 0.4) is 0 Å². The van der Waals surface area contributed by atoms with Gasteiger partial charge >= 0.3 is 0 Å². The molecule has 0 unspecified atom stereocenters. The fourth-order valence-corrected chi connectivity index (χ4v) is 4.71. The lowest BCUT2D eigenvalue weighted by Gasteiger charge is -2.26. The summed E-state index contributed by atoms with van der Waals surface area (Å²) in [6.07, 6.45) is 12.5. The van der Waals surface area contributed by atoms with Gasteiger partial charge in [-0.05, 0) is 65.9 Å². The van der Waals surface area contributed by atoms with Crippen LogP contribution >= 0.6 is 0 Å². The molecule has 0 heterocycles. The van der Waals surface area contributed by atoms with Crippen LogP contribution in [0.15, 0.2) is 108 Å². The highest BCUT2D eigenvalue weighted by Crippen LogP contribution is 2.36. The molecule has 1 nitrogen and oxygen atoms in total. The highest BCUT2D eigenvalue weighted by atomic mass is 32.2. The summed E-state index contributed by atoms with van der Waals surface area (Å²) in [5.74, 6) is 0. The van der Waals surface area contributed by atoms with Gasteiger partial charge in [-0.1, -0.05) is 86.2 Å². The molecular formula is C32H34NS+. The number of hydrogen-bond acceptors (Lipinski definition) is 1. The largest absolute Gasteiger partial charge is 0.310 e. The first-order chi connectivity index (χ1) is 16.6. The van der Waals surface area contributed by atoms with Crippen molar-refractivity contribution in [3.8, 4) is 0 Å². The number of benzene rings is 4. The molecule has 0 aliphatic carbocycles. The normalized spacial score (nSPS) is 11.3. The van der Waals surface area contributed by atoms with Crippen LogP contribution in [0, 0.1) is 0 Å². The van der Waals surface area contributed by atoms with Gasteiger partial charge in [0.05, 0.1) is 5.69 Å². The van der Waals surface area contributed by atoms with E-state index >= 15 is 0 Å². The predicted octanol–water partition coefficient (Wildman–Crippen LogP) is 8.91. The summed E-state index contributed by atoms with van der Waals surface area (Å²) < 4.78 is 0. The Hall–Kier alpha value is -3.23. The number of hydrogen-bond donors (Lipinski definition) is 0. The van der Waals surface area contributed by atoms with Crippen LogP contribution < -0.4 is 4.90 Å². The molecular weight excluding hydrogens is 430 g/mol. The summed E-state index contributed by atoms with van der Waals surface area (Å²) >= 11 is 0. The van der Waals surface area contributed by atoms with Gasteiger partial charge in [-0.15, -0.1) is 0 Å². The quantitative estimate of drug-likeness (QED) is 0.176. The number of rotatable bonds is 9. The molecule has 0 N–H and O–H groups in total. The van der Waals surface area contributed by atoms with E-state index < -0.39 is 0 Å². The average molecular weight is 465 g/mol. The van der Waals surface area contributed by atoms with E-state index in [-0.39, 0.29) is 10.9 Å². The van der Waals surface area contributed by atoms with E-state index in [0.717, 1.165) is 6.42 Å². The first-order valence-corrected chi connectivity index (χ1v) is 14.1. The second-order valence-electron chi connectivity index (χ2n) is 8.75. The van der Waals surface area contributed by atoms with Gasteiger partial charge in [0, 0.05) is 28.3 Å². The number of aryl methyl sites for hydroxylation is 1. The molecule has 4 aromatic rings. The summed E-state index contributed by atoms with van der Waals surface area (Å²) in [5, 5.41) is 0. The van der Waals surface area contributed by atoms with E-state index in [9.17, 15) is 0 Å².